The first-order chi connectivity index (χ1) is 29.5. The van der Waals surface area contributed by atoms with E-state index < -0.39 is 43.3 Å². The molecule has 25 nitrogen and oxygen atoms in total. The molecule has 61 heavy (non-hydrogen) atoms. The Morgan fingerprint density at radius 2 is 0.885 bits per heavy atom. The second-order valence-corrected chi connectivity index (χ2v) is 14.7. The summed E-state index contributed by atoms with van der Waals surface area (Å²) in [7, 11) is -3.53. The number of nitrogens with two attached hydrogens (primary N) is 2. The number of hydrogen-bond acceptors (Lipinski definition) is 19. The maximum atomic E-state index is 13.1. The van der Waals surface area contributed by atoms with Gasteiger partial charge in [-0.2, -0.15) is 0 Å². The quantitative estimate of drug-likeness (QED) is 0.0162. The fourth-order valence-corrected chi connectivity index (χ4v) is 5.10. The van der Waals surface area contributed by atoms with Crippen molar-refractivity contribution in [3.63, 3.8) is 0 Å². The number of ether oxygens (including phenoxy) is 7. The van der Waals surface area contributed by atoms with Crippen molar-refractivity contribution < 1.29 is 85.9 Å². The molecule has 0 heterocycles. The number of aliphatic hydroxyl groups is 1. The molecule has 0 spiro atoms. The lowest BCUT2D eigenvalue weighted by Crippen LogP contribution is -2.50. The van der Waals surface area contributed by atoms with Crippen molar-refractivity contribution in [1.29, 1.82) is 0 Å². The van der Waals surface area contributed by atoms with Gasteiger partial charge < -0.3 is 83.9 Å². The van der Waals surface area contributed by atoms with E-state index in [0.29, 0.717) is 13.2 Å². The van der Waals surface area contributed by atoms with Crippen LogP contribution >= 0.6 is 7.60 Å². The van der Waals surface area contributed by atoms with Gasteiger partial charge in [0.25, 0.3) is 0 Å². The van der Waals surface area contributed by atoms with Crippen LogP contribution in [0, 0.1) is 0 Å². The van der Waals surface area contributed by atoms with Crippen LogP contribution in [0.3, 0.4) is 0 Å². The lowest BCUT2D eigenvalue weighted by molar-refractivity contribution is -0.131. The molecule has 0 radical (unpaired) electrons. The summed E-state index contributed by atoms with van der Waals surface area (Å²) in [5.74, 6) is 7.29. The summed E-state index contributed by atoms with van der Waals surface area (Å²) in [4.78, 5) is 82.6. The smallest absolute Gasteiger partial charge is 0.327 e. The Hall–Kier alpha value is -2.98. The molecule has 0 rings (SSSR count). The Labute approximate surface area is 356 Å². The summed E-state index contributed by atoms with van der Waals surface area (Å²) < 4.78 is 53.5. The van der Waals surface area contributed by atoms with Gasteiger partial charge in [0, 0.05) is 45.1 Å². The Morgan fingerprint density at radius 1 is 0.508 bits per heavy atom. The molecule has 26 heteroatoms. The molecular weight excluding hydrogens is 837 g/mol. The van der Waals surface area contributed by atoms with Crippen molar-refractivity contribution in [3.8, 4) is 0 Å². The van der Waals surface area contributed by atoms with Gasteiger partial charge in [-0.3, -0.25) is 28.5 Å². The molecule has 0 aliphatic heterocycles. The Balaban J connectivity index is 4.93. The van der Waals surface area contributed by atoms with Crippen LogP contribution in [0.5, 0.6) is 0 Å². The van der Waals surface area contributed by atoms with Crippen molar-refractivity contribution in [1.82, 2.24) is 26.6 Å². The van der Waals surface area contributed by atoms with Crippen LogP contribution < -0.4 is 38.4 Å². The normalized spacial score (nSPS) is 13.2. The lowest BCUT2D eigenvalue weighted by atomic mass is 10.1. The number of hydrogen-bond donors (Lipinski definition) is 9. The van der Waals surface area contributed by atoms with Crippen LogP contribution in [-0.2, 0) is 75.9 Å². The maximum absolute atomic E-state index is 13.1. The zero-order valence-corrected chi connectivity index (χ0v) is 36.2. The highest BCUT2D eigenvalue weighted by Crippen LogP contribution is 2.40. The van der Waals surface area contributed by atoms with Crippen molar-refractivity contribution >= 4 is 37.1 Å². The third kappa shape index (κ3) is 37.3. The van der Waals surface area contributed by atoms with E-state index in [2.05, 4.69) is 36.3 Å². The molecular formula is C35H70N7O18P. The summed E-state index contributed by atoms with van der Waals surface area (Å²) >= 11 is 0. The third-order valence-corrected chi connectivity index (χ3v) is 9.11. The summed E-state index contributed by atoms with van der Waals surface area (Å²) in [5, 5.41) is 22.0. The van der Waals surface area contributed by atoms with Crippen LogP contribution in [0.25, 0.3) is 0 Å². The average Bonchev–Trinajstić information content (AvgIpc) is 3.24. The molecule has 0 saturated heterocycles. The molecule has 3 unspecified atom stereocenters. The van der Waals surface area contributed by atoms with Crippen molar-refractivity contribution in [2.75, 3.05) is 145 Å². The van der Waals surface area contributed by atoms with E-state index in [4.69, 9.17) is 54.6 Å². The Bertz CT molecular complexity index is 1200. The van der Waals surface area contributed by atoms with Crippen LogP contribution in [0.1, 0.15) is 39.0 Å². The Morgan fingerprint density at radius 3 is 1.34 bits per heavy atom. The summed E-state index contributed by atoms with van der Waals surface area (Å²) in [6.45, 7) is 4.85. The highest BCUT2D eigenvalue weighted by atomic mass is 31.2. The summed E-state index contributed by atoms with van der Waals surface area (Å²) in [6.07, 6.45) is -0.627. The number of amides is 5. The van der Waals surface area contributed by atoms with E-state index in [-0.39, 0.29) is 170 Å². The zero-order valence-electron chi connectivity index (χ0n) is 35.3. The minimum Gasteiger partial charge on any atom is -0.394 e. The molecule has 5 amide bonds. The number of nitrogens with one attached hydrogen (secondary N) is 5. The van der Waals surface area contributed by atoms with Gasteiger partial charge >= 0.3 is 7.60 Å². The maximum Gasteiger partial charge on any atom is 0.327 e. The molecule has 11 N–H and O–H groups in total. The number of carbonyl (C=O) groups is 5. The van der Waals surface area contributed by atoms with Gasteiger partial charge in [-0.05, 0) is 12.8 Å². The topological polar surface area (TPSA) is 347 Å². The number of aliphatic hydroxyl groups excluding tert-OH is 1. The predicted octanol–water partition coefficient (Wildman–Crippen LogP) is -3.63. The Kier molecular flexibility index (Phi) is 39.0. The molecule has 0 aromatic carbocycles. The fourth-order valence-electron chi connectivity index (χ4n) is 4.55. The van der Waals surface area contributed by atoms with E-state index in [1.165, 1.54) is 0 Å². The summed E-state index contributed by atoms with van der Waals surface area (Å²) in [5.41, 5.74) is 0. The van der Waals surface area contributed by atoms with Crippen LogP contribution in [0.4, 0.5) is 0 Å². The predicted molar refractivity (Wildman–Crippen MR) is 215 cm³/mol. The largest absolute Gasteiger partial charge is 0.394 e. The van der Waals surface area contributed by atoms with Crippen molar-refractivity contribution in [2.24, 2.45) is 11.8 Å². The molecule has 0 saturated carbocycles. The third-order valence-electron chi connectivity index (χ3n) is 7.72. The first kappa shape index (κ1) is 58.0. The van der Waals surface area contributed by atoms with Crippen LogP contribution in [0.2, 0.25) is 0 Å². The number of rotatable bonds is 44. The van der Waals surface area contributed by atoms with Crippen molar-refractivity contribution in [3.05, 3.63) is 0 Å². The van der Waals surface area contributed by atoms with Crippen molar-refractivity contribution in [2.45, 2.75) is 51.1 Å². The molecule has 3 atom stereocenters. The second kappa shape index (κ2) is 41.1. The zero-order chi connectivity index (χ0) is 45.2. The fraction of sp³-hybridized carbons (Fsp3) is 0.857. The van der Waals surface area contributed by atoms with E-state index in [9.17, 15) is 33.4 Å². The monoisotopic (exact) mass is 907 g/mol. The van der Waals surface area contributed by atoms with E-state index in [0.717, 1.165) is 0 Å². The SMILES string of the molecule is CCP(=O)(O)OCCOCCOCCOCCOCCC(=O)NC(CCC(=O)NC(CCC(=O)NCCOCCO)C(=O)NCCOCCON)C(=O)NCCOCCON. The molecule has 0 aromatic heterocycles. The molecule has 0 bridgehead atoms. The second-order valence-electron chi connectivity index (χ2n) is 12.5. The van der Waals surface area contributed by atoms with E-state index in [1.54, 1.807) is 6.92 Å². The highest BCUT2D eigenvalue weighted by Gasteiger charge is 2.25. The highest BCUT2D eigenvalue weighted by molar-refractivity contribution is 7.52. The van der Waals surface area contributed by atoms with E-state index >= 15 is 0 Å². The minimum absolute atomic E-state index is 0.0101. The van der Waals surface area contributed by atoms with E-state index in [1.807, 2.05) is 0 Å². The standard InChI is InChI=1S/C35H70N7O18P/c1-2-61(49,50)60-28-25-57-22-21-56-20-19-55-18-17-51-12-7-33(46)42-30(35(48)40-10-15-54-24-27-59-37)4-6-32(45)41-29(34(47)39-9-14-53-23-26-58-36)3-5-31(44)38-8-13-52-16-11-43/h29-30,43H,2-28,36-37H2,1H3,(H,38,44)(H,39,47)(H,40,48)(H,41,45)(H,42,46)(H,49,50). The number of carbonyl (C=O) groups excluding carboxylic acids is 5. The molecule has 358 valence electrons. The van der Waals surface area contributed by atoms with Gasteiger partial charge in [-0.25, -0.2) is 11.8 Å². The lowest BCUT2D eigenvalue weighted by Gasteiger charge is -2.21. The molecule has 0 fully saturated rings. The van der Waals surface area contributed by atoms with Gasteiger partial charge in [-0.1, -0.05) is 6.92 Å². The van der Waals surface area contributed by atoms with Crippen LogP contribution in [-0.4, -0.2) is 196 Å². The van der Waals surface area contributed by atoms with Gasteiger partial charge in [-0.15, -0.1) is 0 Å². The van der Waals surface area contributed by atoms with Gasteiger partial charge in [0.2, 0.25) is 29.5 Å². The van der Waals surface area contributed by atoms with Gasteiger partial charge in [0.15, 0.2) is 0 Å². The molecule has 0 aliphatic rings. The van der Waals surface area contributed by atoms with Gasteiger partial charge in [0.1, 0.15) is 12.1 Å². The molecule has 0 aromatic rings. The first-order valence-corrected chi connectivity index (χ1v) is 21.9. The van der Waals surface area contributed by atoms with Crippen LogP contribution in [0.15, 0.2) is 0 Å². The average molecular weight is 908 g/mol. The summed E-state index contributed by atoms with van der Waals surface area (Å²) in [6, 6.07) is -2.25. The minimum atomic E-state index is -3.53. The first-order valence-electron chi connectivity index (χ1n) is 20.1. The van der Waals surface area contributed by atoms with Gasteiger partial charge in [0.05, 0.1) is 119 Å². The molecule has 0 aliphatic carbocycles.